The van der Waals surface area contributed by atoms with E-state index < -0.39 is 15.8 Å². The molecule has 0 amide bonds. The molecule has 1 N–H and O–H groups in total. The predicted molar refractivity (Wildman–Crippen MR) is 79.3 cm³/mol. The van der Waals surface area contributed by atoms with Gasteiger partial charge >= 0.3 is 0 Å². The minimum atomic E-state index is -3.76. The monoisotopic (exact) mass is 307 g/mol. The number of ether oxygens (including phenoxy) is 1. The summed E-state index contributed by atoms with van der Waals surface area (Å²) in [6.45, 7) is 3.86. The highest BCUT2D eigenvalue weighted by molar-refractivity contribution is 7.92. The second kappa shape index (κ2) is 6.41. The second-order valence-electron chi connectivity index (χ2n) is 4.19. The van der Waals surface area contributed by atoms with Gasteiger partial charge < -0.3 is 4.74 Å². The van der Waals surface area contributed by atoms with E-state index >= 15 is 0 Å². The van der Waals surface area contributed by atoms with E-state index in [1.165, 1.54) is 12.1 Å². The normalized spacial score (nSPS) is 10.9. The van der Waals surface area contributed by atoms with Gasteiger partial charge in [0.15, 0.2) is 0 Å². The van der Waals surface area contributed by atoms with E-state index in [1.807, 2.05) is 0 Å². The first kappa shape index (κ1) is 15.1. The fraction of sp³-hybridized carbons (Fsp3) is 0.0667. The molecule has 0 bridgehead atoms. The molecule has 4 nitrogen and oxygen atoms in total. The van der Waals surface area contributed by atoms with Gasteiger partial charge in [0.25, 0.3) is 10.0 Å². The van der Waals surface area contributed by atoms with Gasteiger partial charge in [-0.05, 0) is 36.4 Å². The van der Waals surface area contributed by atoms with Crippen LogP contribution < -0.4 is 9.46 Å². The van der Waals surface area contributed by atoms with Crippen molar-refractivity contribution >= 4 is 15.7 Å². The Morgan fingerprint density at radius 2 is 1.90 bits per heavy atom. The molecule has 0 heterocycles. The molecule has 0 atom stereocenters. The molecule has 2 aromatic carbocycles. The van der Waals surface area contributed by atoms with Gasteiger partial charge in [-0.25, -0.2) is 12.8 Å². The molecule has 0 aromatic heterocycles. The van der Waals surface area contributed by atoms with Crippen molar-refractivity contribution in [3.63, 3.8) is 0 Å². The molecular weight excluding hydrogens is 293 g/mol. The lowest BCUT2D eigenvalue weighted by molar-refractivity contribution is 0.363. The zero-order valence-corrected chi connectivity index (χ0v) is 11.9. The van der Waals surface area contributed by atoms with Crippen molar-refractivity contribution < 1.29 is 17.5 Å². The zero-order chi connectivity index (χ0) is 15.3. The van der Waals surface area contributed by atoms with Crippen LogP contribution in [0, 0.1) is 5.82 Å². The summed E-state index contributed by atoms with van der Waals surface area (Å²) >= 11 is 0. The van der Waals surface area contributed by atoms with Crippen molar-refractivity contribution in [2.24, 2.45) is 0 Å². The topological polar surface area (TPSA) is 55.4 Å². The summed E-state index contributed by atoms with van der Waals surface area (Å²) in [7, 11) is -3.76. The van der Waals surface area contributed by atoms with Crippen LogP contribution in [-0.4, -0.2) is 15.0 Å². The van der Waals surface area contributed by atoms with E-state index in [0.717, 1.165) is 12.1 Å². The van der Waals surface area contributed by atoms with Gasteiger partial charge in [0.1, 0.15) is 18.2 Å². The van der Waals surface area contributed by atoms with Crippen molar-refractivity contribution in [2.75, 3.05) is 11.3 Å². The van der Waals surface area contributed by atoms with E-state index in [9.17, 15) is 12.8 Å². The molecule has 0 saturated heterocycles. The Hall–Kier alpha value is -2.34. The van der Waals surface area contributed by atoms with Gasteiger partial charge in [0, 0.05) is 6.07 Å². The van der Waals surface area contributed by atoms with E-state index in [-0.39, 0.29) is 4.90 Å². The molecule has 0 radical (unpaired) electrons. The number of anilines is 1. The van der Waals surface area contributed by atoms with E-state index in [1.54, 1.807) is 30.3 Å². The summed E-state index contributed by atoms with van der Waals surface area (Å²) in [5.74, 6) is 0.0305. The number of hydrogen-bond donors (Lipinski definition) is 1. The summed E-state index contributed by atoms with van der Waals surface area (Å²) in [6, 6.07) is 11.1. The minimum absolute atomic E-state index is 0.0127. The molecule has 21 heavy (non-hydrogen) atoms. The third kappa shape index (κ3) is 4.06. The summed E-state index contributed by atoms with van der Waals surface area (Å²) in [4.78, 5) is -0.0127. The summed E-state index contributed by atoms with van der Waals surface area (Å²) in [6.07, 6.45) is 1.59. The number of rotatable bonds is 6. The Balaban J connectivity index is 2.20. The van der Waals surface area contributed by atoms with Crippen LogP contribution in [-0.2, 0) is 10.0 Å². The SMILES string of the molecule is C=CCOc1cccc(NS(=O)(=O)c2ccc(F)cc2)c1. The van der Waals surface area contributed by atoms with Crippen LogP contribution >= 0.6 is 0 Å². The van der Waals surface area contributed by atoms with E-state index in [4.69, 9.17) is 4.74 Å². The first-order valence-corrected chi connectivity index (χ1v) is 7.62. The highest BCUT2D eigenvalue weighted by Gasteiger charge is 2.14. The fourth-order valence-corrected chi connectivity index (χ4v) is 2.68. The van der Waals surface area contributed by atoms with E-state index in [0.29, 0.717) is 18.0 Å². The third-order valence-electron chi connectivity index (χ3n) is 2.58. The largest absolute Gasteiger partial charge is 0.489 e. The molecule has 2 rings (SSSR count). The maximum absolute atomic E-state index is 12.8. The molecule has 0 unspecified atom stereocenters. The average molecular weight is 307 g/mol. The Bertz CT molecular complexity index is 727. The standard InChI is InChI=1S/C15H14FNO3S/c1-2-10-20-14-5-3-4-13(11-14)17-21(18,19)15-8-6-12(16)7-9-15/h2-9,11,17H,1,10H2. The highest BCUT2D eigenvalue weighted by Crippen LogP contribution is 2.21. The number of hydrogen-bond acceptors (Lipinski definition) is 3. The maximum Gasteiger partial charge on any atom is 0.261 e. The average Bonchev–Trinajstić information content (AvgIpc) is 2.45. The Labute approximate surface area is 122 Å². The summed E-state index contributed by atoms with van der Waals surface area (Å²) < 4.78 is 44.9. The molecule has 0 spiro atoms. The number of benzene rings is 2. The number of nitrogens with one attached hydrogen (secondary N) is 1. The molecule has 6 heteroatoms. The quantitative estimate of drug-likeness (QED) is 0.834. The predicted octanol–water partition coefficient (Wildman–Crippen LogP) is 3.19. The number of halogens is 1. The van der Waals surface area contributed by atoms with Crippen molar-refractivity contribution in [2.45, 2.75) is 4.90 Å². The van der Waals surface area contributed by atoms with Crippen LogP contribution in [0.25, 0.3) is 0 Å². The molecule has 110 valence electrons. The first-order chi connectivity index (χ1) is 10.0. The zero-order valence-electron chi connectivity index (χ0n) is 11.1. The lowest BCUT2D eigenvalue weighted by Gasteiger charge is -2.10. The highest BCUT2D eigenvalue weighted by atomic mass is 32.2. The van der Waals surface area contributed by atoms with Gasteiger partial charge in [-0.1, -0.05) is 18.7 Å². The molecule has 0 fully saturated rings. The van der Waals surface area contributed by atoms with Crippen LogP contribution in [0.1, 0.15) is 0 Å². The number of sulfonamides is 1. The molecule has 0 saturated carbocycles. The van der Waals surface area contributed by atoms with Crippen LogP contribution in [0.4, 0.5) is 10.1 Å². The van der Waals surface area contributed by atoms with Crippen molar-refractivity contribution in [1.29, 1.82) is 0 Å². The van der Waals surface area contributed by atoms with Crippen LogP contribution in [0.3, 0.4) is 0 Å². The van der Waals surface area contributed by atoms with Gasteiger partial charge in [-0.15, -0.1) is 0 Å². The van der Waals surface area contributed by atoms with Crippen LogP contribution in [0.15, 0.2) is 66.1 Å². The summed E-state index contributed by atoms with van der Waals surface area (Å²) in [5, 5.41) is 0. The third-order valence-corrected chi connectivity index (χ3v) is 3.98. The fourth-order valence-electron chi connectivity index (χ4n) is 1.63. The van der Waals surface area contributed by atoms with Crippen molar-refractivity contribution in [3.05, 3.63) is 67.0 Å². The van der Waals surface area contributed by atoms with Crippen molar-refractivity contribution in [3.8, 4) is 5.75 Å². The summed E-state index contributed by atoms with van der Waals surface area (Å²) in [5.41, 5.74) is 0.362. The smallest absolute Gasteiger partial charge is 0.261 e. The van der Waals surface area contributed by atoms with Gasteiger partial charge in [-0.2, -0.15) is 0 Å². The molecule has 0 aliphatic rings. The first-order valence-electron chi connectivity index (χ1n) is 6.13. The molecule has 2 aromatic rings. The van der Waals surface area contributed by atoms with Crippen LogP contribution in [0.2, 0.25) is 0 Å². The molecular formula is C15H14FNO3S. The molecule has 0 aliphatic carbocycles. The van der Waals surface area contributed by atoms with Crippen molar-refractivity contribution in [1.82, 2.24) is 0 Å². The van der Waals surface area contributed by atoms with Gasteiger partial charge in [0.05, 0.1) is 10.6 Å². The Morgan fingerprint density at radius 3 is 2.57 bits per heavy atom. The maximum atomic E-state index is 12.8. The Morgan fingerprint density at radius 1 is 1.19 bits per heavy atom. The minimum Gasteiger partial charge on any atom is -0.489 e. The van der Waals surface area contributed by atoms with Crippen LogP contribution in [0.5, 0.6) is 5.75 Å². The van der Waals surface area contributed by atoms with Gasteiger partial charge in [-0.3, -0.25) is 4.72 Å². The van der Waals surface area contributed by atoms with E-state index in [2.05, 4.69) is 11.3 Å². The lowest BCUT2D eigenvalue weighted by atomic mass is 10.3. The second-order valence-corrected chi connectivity index (χ2v) is 5.87. The molecule has 0 aliphatic heterocycles. The Kier molecular flexibility index (Phi) is 4.59. The lowest BCUT2D eigenvalue weighted by Crippen LogP contribution is -2.13. The van der Waals surface area contributed by atoms with Gasteiger partial charge in [0.2, 0.25) is 0 Å².